The molecule has 38 heavy (non-hydrogen) atoms. The van der Waals surface area contributed by atoms with Crippen LogP contribution in [0.2, 0.25) is 0 Å². The van der Waals surface area contributed by atoms with Gasteiger partial charge in [-0.15, -0.1) is 0 Å². The highest BCUT2D eigenvalue weighted by atomic mass is 19.1. The van der Waals surface area contributed by atoms with Crippen LogP contribution >= 0.6 is 0 Å². The largest absolute Gasteiger partial charge is 0.359 e. The molecule has 0 bridgehead atoms. The number of carbonyl (C=O) groups is 2. The fourth-order valence-electron chi connectivity index (χ4n) is 6.23. The van der Waals surface area contributed by atoms with Crippen molar-refractivity contribution in [2.45, 2.75) is 45.1 Å². The Balaban J connectivity index is 1.25. The van der Waals surface area contributed by atoms with Gasteiger partial charge in [-0.1, -0.05) is 24.3 Å². The Labute approximate surface area is 222 Å². The predicted octanol–water partition coefficient (Wildman–Crippen LogP) is 5.25. The molecule has 3 aliphatic heterocycles. The van der Waals surface area contributed by atoms with E-state index in [1.165, 1.54) is 38.1 Å². The Kier molecular flexibility index (Phi) is 6.62. The molecular weight excluding hydrogens is 479 g/mol. The third-order valence-corrected chi connectivity index (χ3v) is 8.14. The standard InChI is InChI=1S/C31H33FN4O2/c1-20-16-22(18-29(37)36-14-10-24(11-15-36)35-12-2-3-13-35)28(33-20)19-26-30-25(21-6-4-7-23(32)17-21)8-5-9-27(30)34-31(26)38/h4-9,16-17,19,24,33H,2-3,10-15,18H2,1H3,(H,34,38). The number of aromatic nitrogens is 1. The smallest absolute Gasteiger partial charge is 0.256 e. The predicted molar refractivity (Wildman–Crippen MR) is 148 cm³/mol. The van der Waals surface area contributed by atoms with Crippen molar-refractivity contribution in [2.24, 2.45) is 0 Å². The number of amides is 2. The first kappa shape index (κ1) is 24.6. The highest BCUT2D eigenvalue weighted by Gasteiger charge is 2.30. The molecule has 3 aromatic rings. The first-order chi connectivity index (χ1) is 18.5. The molecule has 0 unspecified atom stereocenters. The van der Waals surface area contributed by atoms with Gasteiger partial charge >= 0.3 is 0 Å². The SMILES string of the molecule is Cc1cc(CC(=O)N2CCC(N3CCCC3)CC2)c(C=C2C(=O)Nc3cccc(-c4cccc(F)c4)c32)[nH]1. The number of halogens is 1. The zero-order chi connectivity index (χ0) is 26.2. The number of hydrogen-bond donors (Lipinski definition) is 2. The van der Waals surface area contributed by atoms with Gasteiger partial charge in [0.15, 0.2) is 0 Å². The quantitative estimate of drug-likeness (QED) is 0.459. The molecule has 0 saturated carbocycles. The second kappa shape index (κ2) is 10.2. The van der Waals surface area contributed by atoms with Gasteiger partial charge in [0, 0.05) is 41.8 Å². The van der Waals surface area contributed by atoms with E-state index in [0.717, 1.165) is 54.0 Å². The van der Waals surface area contributed by atoms with E-state index in [4.69, 9.17) is 0 Å². The summed E-state index contributed by atoms with van der Waals surface area (Å²) in [5.41, 5.74) is 6.02. The number of benzene rings is 2. The molecule has 2 saturated heterocycles. The lowest BCUT2D eigenvalue weighted by molar-refractivity contribution is -0.132. The van der Waals surface area contributed by atoms with Gasteiger partial charge < -0.3 is 20.1 Å². The second-order valence-corrected chi connectivity index (χ2v) is 10.7. The van der Waals surface area contributed by atoms with Crippen molar-refractivity contribution in [3.05, 3.63) is 76.9 Å². The summed E-state index contributed by atoms with van der Waals surface area (Å²) in [5, 5.41) is 2.94. The van der Waals surface area contributed by atoms with Crippen LogP contribution in [0.25, 0.3) is 22.8 Å². The molecule has 4 heterocycles. The van der Waals surface area contributed by atoms with E-state index in [1.807, 2.05) is 48.2 Å². The number of nitrogens with one attached hydrogen (secondary N) is 2. The first-order valence-electron chi connectivity index (χ1n) is 13.6. The average Bonchev–Trinajstić information content (AvgIpc) is 3.64. The lowest BCUT2D eigenvalue weighted by Crippen LogP contribution is -2.46. The topological polar surface area (TPSA) is 68.4 Å². The molecule has 2 aromatic carbocycles. The lowest BCUT2D eigenvalue weighted by atomic mass is 9.94. The average molecular weight is 513 g/mol. The van der Waals surface area contributed by atoms with E-state index < -0.39 is 0 Å². The molecule has 3 aliphatic rings. The Bertz CT molecular complexity index is 1410. The van der Waals surface area contributed by atoms with Crippen LogP contribution in [0.3, 0.4) is 0 Å². The Hall–Kier alpha value is -3.71. The van der Waals surface area contributed by atoms with Crippen molar-refractivity contribution in [3.63, 3.8) is 0 Å². The normalized spacial score (nSPS) is 19.3. The van der Waals surface area contributed by atoms with E-state index in [1.54, 1.807) is 6.07 Å². The van der Waals surface area contributed by atoms with E-state index in [-0.39, 0.29) is 24.1 Å². The number of hydrogen-bond acceptors (Lipinski definition) is 3. The number of aromatic amines is 1. The van der Waals surface area contributed by atoms with E-state index in [2.05, 4.69) is 15.2 Å². The monoisotopic (exact) mass is 512 g/mol. The van der Waals surface area contributed by atoms with Gasteiger partial charge in [-0.05, 0) is 92.7 Å². The highest BCUT2D eigenvalue weighted by molar-refractivity contribution is 6.36. The summed E-state index contributed by atoms with van der Waals surface area (Å²) < 4.78 is 14.0. The van der Waals surface area contributed by atoms with Crippen molar-refractivity contribution in [3.8, 4) is 11.1 Å². The molecule has 0 spiro atoms. The van der Waals surface area contributed by atoms with E-state index in [0.29, 0.717) is 22.9 Å². The third kappa shape index (κ3) is 4.78. The molecule has 0 aliphatic carbocycles. The molecule has 6 rings (SSSR count). The number of rotatable bonds is 5. The Morgan fingerprint density at radius 3 is 2.58 bits per heavy atom. The maximum Gasteiger partial charge on any atom is 0.256 e. The summed E-state index contributed by atoms with van der Waals surface area (Å²) in [4.78, 5) is 34.3. The van der Waals surface area contributed by atoms with Gasteiger partial charge in [0.1, 0.15) is 5.82 Å². The van der Waals surface area contributed by atoms with Crippen LogP contribution in [-0.4, -0.2) is 58.8 Å². The van der Waals surface area contributed by atoms with Crippen molar-refractivity contribution < 1.29 is 14.0 Å². The maximum absolute atomic E-state index is 14.0. The highest BCUT2D eigenvalue weighted by Crippen LogP contribution is 2.40. The van der Waals surface area contributed by atoms with Crippen LogP contribution in [0.4, 0.5) is 10.1 Å². The summed E-state index contributed by atoms with van der Waals surface area (Å²) >= 11 is 0. The van der Waals surface area contributed by atoms with Crippen LogP contribution in [-0.2, 0) is 16.0 Å². The number of fused-ring (bicyclic) bond motifs is 1. The maximum atomic E-state index is 14.0. The molecule has 196 valence electrons. The summed E-state index contributed by atoms with van der Waals surface area (Å²) in [6.07, 6.45) is 6.77. The molecule has 2 amide bonds. The molecule has 2 N–H and O–H groups in total. The number of anilines is 1. The fourth-order valence-corrected chi connectivity index (χ4v) is 6.23. The van der Waals surface area contributed by atoms with Crippen molar-refractivity contribution in [1.29, 1.82) is 0 Å². The van der Waals surface area contributed by atoms with Crippen LogP contribution in [0.1, 0.15) is 48.2 Å². The van der Waals surface area contributed by atoms with Gasteiger partial charge in [0.05, 0.1) is 12.0 Å². The summed E-state index contributed by atoms with van der Waals surface area (Å²) in [7, 11) is 0. The molecular formula is C31H33FN4O2. The van der Waals surface area contributed by atoms with Crippen molar-refractivity contribution in [1.82, 2.24) is 14.8 Å². The van der Waals surface area contributed by atoms with Gasteiger partial charge in [-0.2, -0.15) is 0 Å². The minimum absolute atomic E-state index is 0.125. The van der Waals surface area contributed by atoms with Gasteiger partial charge in [0.25, 0.3) is 5.91 Å². The number of aryl methyl sites for hydroxylation is 1. The zero-order valence-corrected chi connectivity index (χ0v) is 21.7. The third-order valence-electron chi connectivity index (χ3n) is 8.14. The molecule has 0 atom stereocenters. The number of carbonyl (C=O) groups excluding carboxylic acids is 2. The summed E-state index contributed by atoms with van der Waals surface area (Å²) in [6, 6.07) is 14.6. The second-order valence-electron chi connectivity index (χ2n) is 10.7. The molecule has 2 fully saturated rings. The lowest BCUT2D eigenvalue weighted by Gasteiger charge is -2.36. The van der Waals surface area contributed by atoms with Crippen molar-refractivity contribution >= 4 is 29.2 Å². The number of nitrogens with zero attached hydrogens (tertiary/aromatic N) is 2. The van der Waals surface area contributed by atoms with Crippen LogP contribution in [0.15, 0.2) is 48.5 Å². The van der Waals surface area contributed by atoms with Gasteiger partial charge in [-0.3, -0.25) is 9.59 Å². The summed E-state index contributed by atoms with van der Waals surface area (Å²) in [6.45, 7) is 5.94. The Morgan fingerprint density at radius 2 is 1.82 bits per heavy atom. The number of piperidine rings is 1. The molecule has 0 radical (unpaired) electrons. The zero-order valence-electron chi connectivity index (χ0n) is 21.7. The van der Waals surface area contributed by atoms with E-state index >= 15 is 0 Å². The van der Waals surface area contributed by atoms with Crippen molar-refractivity contribution in [2.75, 3.05) is 31.5 Å². The fraction of sp³-hybridized carbons (Fsp3) is 0.355. The van der Waals surface area contributed by atoms with Gasteiger partial charge in [0.2, 0.25) is 5.91 Å². The Morgan fingerprint density at radius 1 is 1.05 bits per heavy atom. The minimum atomic E-state index is -0.326. The molecule has 7 heteroatoms. The van der Waals surface area contributed by atoms with Crippen LogP contribution in [0.5, 0.6) is 0 Å². The minimum Gasteiger partial charge on any atom is -0.359 e. The molecule has 1 aromatic heterocycles. The molecule has 6 nitrogen and oxygen atoms in total. The van der Waals surface area contributed by atoms with Crippen LogP contribution in [0, 0.1) is 12.7 Å². The van der Waals surface area contributed by atoms with Gasteiger partial charge in [-0.25, -0.2) is 4.39 Å². The number of likely N-dealkylation sites (tertiary alicyclic amines) is 2. The van der Waals surface area contributed by atoms with Crippen LogP contribution < -0.4 is 5.32 Å². The summed E-state index contributed by atoms with van der Waals surface area (Å²) in [5.74, 6) is -0.411. The van der Waals surface area contributed by atoms with E-state index in [9.17, 15) is 14.0 Å². The number of H-pyrrole nitrogens is 1. The first-order valence-corrected chi connectivity index (χ1v) is 13.6.